The monoisotopic (exact) mass is 878 g/mol. The molecule has 0 saturated carbocycles. The summed E-state index contributed by atoms with van der Waals surface area (Å²) in [5, 5.41) is 40.3. The lowest BCUT2D eigenvalue weighted by Gasteiger charge is -2.47. The number of nitrogens with zero attached hydrogens (tertiary/aromatic N) is 3. The van der Waals surface area contributed by atoms with Crippen molar-refractivity contribution < 1.29 is 48.7 Å². The Labute approximate surface area is 375 Å². The molecule has 0 aromatic heterocycles. The molecule has 3 aliphatic heterocycles. The van der Waals surface area contributed by atoms with Gasteiger partial charge in [0.1, 0.15) is 29.8 Å². The van der Waals surface area contributed by atoms with Crippen molar-refractivity contribution >= 4 is 23.5 Å². The number of ether oxygens (including phenoxy) is 4. The van der Waals surface area contributed by atoms with E-state index in [2.05, 4.69) is 53.5 Å². The lowest BCUT2D eigenvalue weighted by Crippen LogP contribution is -2.60. The summed E-state index contributed by atoms with van der Waals surface area (Å²) in [6.45, 7) is 16.1. The molecule has 3 saturated heterocycles. The molecular formula is C50H75N3O10. The zero-order valence-corrected chi connectivity index (χ0v) is 39.5. The standard InChI is InChI=1S/C50H75N3O10/c1-12-41-50(8,58)45(56)33(4)42(51-63-39-21-17-27-53(30-39)26-16-18-36-22-24-38(25-23-36)37-19-14-13-15-20-37)31(2)29-49(7,59-11)46(34(5)43(54)35(6)47(57)61-41)62-48-44(55)40(52(9)10)28-32(3)60-48/h13-16,18-20,22-25,31-35,39-41,44-46,48,55-56,58H,12,17,21,26-30H2,1-11H3/b18-16+,51-42+/t31-,32-,33+,34+,35-,39?,40+,41-,44-,45-,46-,48+,49+,50-/m1/s1. The third-order valence-electron chi connectivity index (χ3n) is 13.8. The number of esters is 1. The van der Waals surface area contributed by atoms with Gasteiger partial charge in [-0.1, -0.05) is 99.6 Å². The Morgan fingerprint density at radius 2 is 1.63 bits per heavy atom. The molecule has 14 atom stereocenters. The van der Waals surface area contributed by atoms with E-state index in [9.17, 15) is 24.9 Å². The highest BCUT2D eigenvalue weighted by Crippen LogP contribution is 2.39. The number of carbonyl (C=O) groups excluding carboxylic acids is 2. The van der Waals surface area contributed by atoms with E-state index < -0.39 is 77.3 Å². The zero-order valence-electron chi connectivity index (χ0n) is 39.5. The van der Waals surface area contributed by atoms with Crippen molar-refractivity contribution in [3.63, 3.8) is 0 Å². The predicted molar refractivity (Wildman–Crippen MR) is 245 cm³/mol. The van der Waals surface area contributed by atoms with Gasteiger partial charge in [-0.05, 0) is 97.1 Å². The fraction of sp³-hybridized carbons (Fsp3) is 0.660. The van der Waals surface area contributed by atoms with Crippen LogP contribution in [0.25, 0.3) is 17.2 Å². The Hall–Kier alpha value is -3.53. The third kappa shape index (κ3) is 12.2. The van der Waals surface area contributed by atoms with Crippen LogP contribution in [0.5, 0.6) is 0 Å². The molecule has 0 amide bonds. The number of piperidine rings is 1. The van der Waals surface area contributed by atoms with E-state index in [0.29, 0.717) is 18.7 Å². The van der Waals surface area contributed by atoms with Crippen molar-refractivity contribution in [3.05, 3.63) is 66.2 Å². The Kier molecular flexibility index (Phi) is 17.7. The number of carbonyl (C=O) groups is 2. The lowest BCUT2D eigenvalue weighted by molar-refractivity contribution is -0.295. The van der Waals surface area contributed by atoms with Gasteiger partial charge >= 0.3 is 5.97 Å². The molecule has 0 radical (unpaired) electrons. The van der Waals surface area contributed by atoms with Gasteiger partial charge in [0.25, 0.3) is 0 Å². The maximum atomic E-state index is 14.3. The molecule has 1 unspecified atom stereocenters. The molecule has 13 heteroatoms. The van der Waals surface area contributed by atoms with Gasteiger partial charge in [0.15, 0.2) is 12.1 Å². The number of cyclic esters (lactones) is 1. The van der Waals surface area contributed by atoms with Crippen LogP contribution in [0.15, 0.2) is 65.8 Å². The number of rotatable bonds is 11. The van der Waals surface area contributed by atoms with Gasteiger partial charge in [-0.25, -0.2) is 0 Å². The number of Topliss-reactive ketones (excluding diaryl/α,β-unsaturated/α-hetero) is 1. The average molecular weight is 878 g/mol. The Bertz CT molecular complexity index is 1840. The van der Waals surface area contributed by atoms with Crippen molar-refractivity contribution in [2.45, 2.75) is 148 Å². The van der Waals surface area contributed by atoms with E-state index in [4.69, 9.17) is 28.9 Å². The van der Waals surface area contributed by atoms with Crippen molar-refractivity contribution in [2.75, 3.05) is 40.8 Å². The summed E-state index contributed by atoms with van der Waals surface area (Å²) in [5.41, 5.74) is 0.811. The minimum absolute atomic E-state index is 0.179. The highest BCUT2D eigenvalue weighted by Gasteiger charge is 2.51. The van der Waals surface area contributed by atoms with E-state index >= 15 is 0 Å². The van der Waals surface area contributed by atoms with E-state index in [1.165, 1.54) is 32.1 Å². The summed E-state index contributed by atoms with van der Waals surface area (Å²) in [6.07, 6.45) is 0.748. The van der Waals surface area contributed by atoms with Gasteiger partial charge in [-0.15, -0.1) is 0 Å². The summed E-state index contributed by atoms with van der Waals surface area (Å²) in [5.74, 6) is -4.68. The van der Waals surface area contributed by atoms with Gasteiger partial charge in [0, 0.05) is 44.0 Å². The molecule has 3 N–H and O–H groups in total. The van der Waals surface area contributed by atoms with Crippen LogP contribution in [-0.2, 0) is 33.4 Å². The highest BCUT2D eigenvalue weighted by molar-refractivity contribution is 6.00. The van der Waals surface area contributed by atoms with Crippen LogP contribution >= 0.6 is 0 Å². The third-order valence-corrected chi connectivity index (χ3v) is 13.8. The van der Waals surface area contributed by atoms with Gasteiger partial charge in [0.05, 0.1) is 29.6 Å². The smallest absolute Gasteiger partial charge is 0.316 e. The predicted octanol–water partition coefficient (Wildman–Crippen LogP) is 6.37. The first kappa shape index (κ1) is 50.5. The number of methoxy groups -OCH3 is 1. The molecule has 0 bridgehead atoms. The molecule has 0 aliphatic carbocycles. The molecule has 2 aromatic rings. The van der Waals surface area contributed by atoms with E-state index in [1.807, 2.05) is 58.0 Å². The molecule has 3 fully saturated rings. The number of likely N-dealkylation sites (N-methyl/N-ethyl adjacent to an activating group) is 1. The number of aliphatic hydroxyl groups is 3. The van der Waals surface area contributed by atoms with Crippen molar-refractivity contribution in [1.29, 1.82) is 0 Å². The molecular weight excluding hydrogens is 803 g/mol. The van der Waals surface area contributed by atoms with Crippen LogP contribution in [-0.4, -0.2) is 144 Å². The maximum Gasteiger partial charge on any atom is 0.316 e. The number of ketones is 1. The van der Waals surface area contributed by atoms with Crippen LogP contribution in [0, 0.1) is 23.7 Å². The van der Waals surface area contributed by atoms with E-state index in [1.54, 1.807) is 20.8 Å². The normalized spacial score (nSPS) is 37.5. The van der Waals surface area contributed by atoms with Crippen molar-refractivity contribution in [2.24, 2.45) is 28.8 Å². The van der Waals surface area contributed by atoms with Crippen molar-refractivity contribution in [1.82, 2.24) is 9.80 Å². The lowest BCUT2D eigenvalue weighted by atomic mass is 9.74. The second kappa shape index (κ2) is 22.1. The van der Waals surface area contributed by atoms with Gasteiger partial charge in [-0.3, -0.25) is 14.5 Å². The van der Waals surface area contributed by atoms with Gasteiger partial charge in [0.2, 0.25) is 0 Å². The van der Waals surface area contributed by atoms with Crippen LogP contribution in [0.3, 0.4) is 0 Å². The minimum Gasteiger partial charge on any atom is -0.459 e. The SMILES string of the molecule is CC[C@H]1OC(=O)[C@H](C)C(=O)[C@H](C)[C@@H](O[C@@H]2O[C@H](C)C[C@H](N(C)C)[C@H]2O)[C@@](C)(OC)C[C@@H](C)/C(=N\OC2CCCN(C/C=C/c3ccc(-c4ccccc4)cc3)C2)[C@H](C)[C@@H](O)[C@]1(C)O. The number of benzene rings is 2. The number of aliphatic hydroxyl groups excluding tert-OH is 2. The highest BCUT2D eigenvalue weighted by atomic mass is 16.7. The van der Waals surface area contributed by atoms with Gasteiger partial charge < -0.3 is 44.0 Å². The Morgan fingerprint density at radius 3 is 2.27 bits per heavy atom. The van der Waals surface area contributed by atoms with Crippen LogP contribution in [0.1, 0.15) is 93.1 Å². The van der Waals surface area contributed by atoms with Crippen LogP contribution in [0.2, 0.25) is 0 Å². The average Bonchev–Trinajstić information content (AvgIpc) is 3.27. The summed E-state index contributed by atoms with van der Waals surface area (Å²) in [4.78, 5) is 38.7. The zero-order chi connectivity index (χ0) is 46.2. The molecule has 5 rings (SSSR count). The molecule has 63 heavy (non-hydrogen) atoms. The minimum atomic E-state index is -1.91. The van der Waals surface area contributed by atoms with Crippen LogP contribution < -0.4 is 0 Å². The number of hydrogen-bond donors (Lipinski definition) is 3. The first-order valence-electron chi connectivity index (χ1n) is 22.9. The summed E-state index contributed by atoms with van der Waals surface area (Å²) in [6, 6.07) is 18.6. The molecule has 3 aliphatic rings. The molecule has 2 aromatic carbocycles. The first-order valence-corrected chi connectivity index (χ1v) is 22.9. The number of hydrogen-bond acceptors (Lipinski definition) is 13. The summed E-state index contributed by atoms with van der Waals surface area (Å²) in [7, 11) is 5.32. The summed E-state index contributed by atoms with van der Waals surface area (Å²) >= 11 is 0. The number of oxime groups is 1. The Morgan fingerprint density at radius 1 is 0.968 bits per heavy atom. The molecule has 350 valence electrons. The fourth-order valence-corrected chi connectivity index (χ4v) is 9.77. The number of likely N-dealkylation sites (tertiary alicyclic amines) is 1. The quantitative estimate of drug-likeness (QED) is 0.130. The van der Waals surface area contributed by atoms with E-state index in [0.717, 1.165) is 31.5 Å². The first-order chi connectivity index (χ1) is 29.8. The largest absolute Gasteiger partial charge is 0.459 e. The maximum absolute atomic E-state index is 14.3. The van der Waals surface area contributed by atoms with Gasteiger partial charge in [-0.2, -0.15) is 0 Å². The molecule has 3 heterocycles. The molecule has 0 spiro atoms. The van der Waals surface area contributed by atoms with Crippen molar-refractivity contribution in [3.8, 4) is 11.1 Å². The van der Waals surface area contributed by atoms with E-state index in [-0.39, 0.29) is 31.1 Å². The molecule has 13 nitrogen and oxygen atoms in total. The Balaban J connectivity index is 1.42. The fourth-order valence-electron chi connectivity index (χ4n) is 9.77. The summed E-state index contributed by atoms with van der Waals surface area (Å²) < 4.78 is 25.1. The topological polar surface area (TPSA) is 160 Å². The van der Waals surface area contributed by atoms with Crippen LogP contribution in [0.4, 0.5) is 0 Å². The second-order valence-corrected chi connectivity index (χ2v) is 19.0. The second-order valence-electron chi connectivity index (χ2n) is 19.0.